The highest BCUT2D eigenvalue weighted by Gasteiger charge is 2.24. The minimum absolute atomic E-state index is 0.131. The molecule has 0 bridgehead atoms. The molecule has 0 atom stereocenters. The summed E-state index contributed by atoms with van der Waals surface area (Å²) in [5, 5.41) is 3.40. The number of rotatable bonds is 6. The van der Waals surface area contributed by atoms with Crippen molar-refractivity contribution in [2.45, 2.75) is 20.4 Å². The molecule has 3 rings (SSSR count). The third-order valence-electron chi connectivity index (χ3n) is 4.37. The Morgan fingerprint density at radius 3 is 2.63 bits per heavy atom. The number of amides is 1. The van der Waals surface area contributed by atoms with Crippen molar-refractivity contribution in [3.63, 3.8) is 0 Å². The zero-order valence-electron chi connectivity index (χ0n) is 15.9. The minimum Gasteiger partial charge on any atom is -0.497 e. The molecule has 1 aromatic carbocycles. The van der Waals surface area contributed by atoms with Gasteiger partial charge in [0.1, 0.15) is 5.75 Å². The van der Waals surface area contributed by atoms with Gasteiger partial charge in [0.15, 0.2) is 5.17 Å². The Morgan fingerprint density at radius 2 is 1.96 bits per heavy atom. The summed E-state index contributed by atoms with van der Waals surface area (Å²) in [5.74, 6) is 0.639. The van der Waals surface area contributed by atoms with E-state index in [0.29, 0.717) is 16.7 Å². The Labute approximate surface area is 163 Å². The second-order valence-corrected chi connectivity index (χ2v) is 7.18. The number of benzene rings is 1. The van der Waals surface area contributed by atoms with Gasteiger partial charge in [0.05, 0.1) is 24.3 Å². The largest absolute Gasteiger partial charge is 0.497 e. The normalized spacial score (nSPS) is 17.0. The zero-order chi connectivity index (χ0) is 19.4. The van der Waals surface area contributed by atoms with Gasteiger partial charge in [-0.1, -0.05) is 0 Å². The molecule has 1 aliphatic heterocycles. The summed E-state index contributed by atoms with van der Waals surface area (Å²) in [5.41, 5.74) is 4.06. The first-order chi connectivity index (χ1) is 13.0. The molecule has 7 heteroatoms. The fraction of sp³-hybridized carbons (Fsp3) is 0.300. The number of aromatic nitrogens is 1. The van der Waals surface area contributed by atoms with Gasteiger partial charge >= 0.3 is 0 Å². The molecule has 1 fully saturated rings. The topological polar surface area (TPSA) is 64.8 Å². The molecule has 1 N–H and O–H groups in total. The molecular weight excluding hydrogens is 362 g/mol. The highest BCUT2D eigenvalue weighted by molar-refractivity contribution is 8.18. The zero-order valence-corrected chi connectivity index (χ0v) is 16.7. The van der Waals surface area contributed by atoms with Crippen molar-refractivity contribution in [3.8, 4) is 5.75 Å². The predicted molar refractivity (Wildman–Crippen MR) is 110 cm³/mol. The molecule has 1 amide bonds. The molecule has 0 radical (unpaired) electrons. The standard InChI is InChI=1S/C20H23N3O3S/c1-13-11-15(14(2)23(13)9-10-25-3)12-18-19(24)22-20(27-18)21-16-5-7-17(26-4)8-6-16/h5-8,11-12H,9-10H2,1-4H3,(H,21,22,24)/b18-12+. The fourth-order valence-corrected chi connectivity index (χ4v) is 3.73. The van der Waals surface area contributed by atoms with E-state index in [9.17, 15) is 4.79 Å². The van der Waals surface area contributed by atoms with Crippen LogP contribution in [0, 0.1) is 13.8 Å². The van der Waals surface area contributed by atoms with Crippen LogP contribution in [0.5, 0.6) is 5.75 Å². The molecule has 1 aliphatic rings. The summed E-state index contributed by atoms with van der Waals surface area (Å²) in [6.07, 6.45) is 1.92. The second-order valence-electron chi connectivity index (χ2n) is 6.15. The quantitative estimate of drug-likeness (QED) is 0.771. The van der Waals surface area contributed by atoms with Crippen LogP contribution in [0.15, 0.2) is 40.2 Å². The molecule has 6 nitrogen and oxygen atoms in total. The van der Waals surface area contributed by atoms with E-state index in [1.54, 1.807) is 14.2 Å². The maximum Gasteiger partial charge on any atom is 0.264 e. The van der Waals surface area contributed by atoms with E-state index in [0.717, 1.165) is 34.9 Å². The van der Waals surface area contributed by atoms with Crippen LogP contribution in [0.4, 0.5) is 5.69 Å². The van der Waals surface area contributed by atoms with Gasteiger partial charge in [0.25, 0.3) is 5.91 Å². The van der Waals surface area contributed by atoms with Gasteiger partial charge in [0.2, 0.25) is 0 Å². The number of carbonyl (C=O) groups excluding carboxylic acids is 1. The second kappa shape index (κ2) is 8.45. The molecule has 2 heterocycles. The molecular formula is C20H23N3O3S. The van der Waals surface area contributed by atoms with E-state index in [2.05, 4.69) is 34.8 Å². The number of carbonyl (C=O) groups is 1. The molecule has 1 saturated heterocycles. The number of aliphatic imine (C=N–C) groups is 1. The maximum atomic E-state index is 12.3. The van der Waals surface area contributed by atoms with Crippen LogP contribution in [0.3, 0.4) is 0 Å². The third kappa shape index (κ3) is 4.43. The Balaban J connectivity index is 1.80. The maximum absolute atomic E-state index is 12.3. The average molecular weight is 385 g/mol. The summed E-state index contributed by atoms with van der Waals surface area (Å²) in [7, 11) is 3.32. The van der Waals surface area contributed by atoms with Crippen LogP contribution >= 0.6 is 11.8 Å². The number of ether oxygens (including phenoxy) is 2. The average Bonchev–Trinajstić information content (AvgIpc) is 3.13. The lowest BCUT2D eigenvalue weighted by Crippen LogP contribution is -2.19. The van der Waals surface area contributed by atoms with E-state index in [4.69, 9.17) is 9.47 Å². The van der Waals surface area contributed by atoms with Gasteiger partial charge in [-0.15, -0.1) is 0 Å². The Hall–Kier alpha value is -2.51. The van der Waals surface area contributed by atoms with Crippen molar-refractivity contribution in [1.29, 1.82) is 0 Å². The van der Waals surface area contributed by atoms with E-state index >= 15 is 0 Å². The van der Waals surface area contributed by atoms with Gasteiger partial charge in [-0.3, -0.25) is 4.79 Å². The van der Waals surface area contributed by atoms with Crippen LogP contribution < -0.4 is 10.1 Å². The number of methoxy groups -OCH3 is 2. The monoisotopic (exact) mass is 385 g/mol. The van der Waals surface area contributed by atoms with Gasteiger partial charge < -0.3 is 19.4 Å². The molecule has 0 saturated carbocycles. The van der Waals surface area contributed by atoms with Gasteiger partial charge in [-0.25, -0.2) is 4.99 Å². The summed E-state index contributed by atoms with van der Waals surface area (Å²) < 4.78 is 12.5. The van der Waals surface area contributed by atoms with Crippen LogP contribution in [0.1, 0.15) is 17.0 Å². The molecule has 27 heavy (non-hydrogen) atoms. The first-order valence-corrected chi connectivity index (χ1v) is 9.42. The van der Waals surface area contributed by atoms with Crippen molar-refractivity contribution in [2.24, 2.45) is 4.99 Å². The van der Waals surface area contributed by atoms with E-state index in [-0.39, 0.29) is 5.91 Å². The predicted octanol–water partition coefficient (Wildman–Crippen LogP) is 3.65. The highest BCUT2D eigenvalue weighted by atomic mass is 32.2. The highest BCUT2D eigenvalue weighted by Crippen LogP contribution is 2.30. The lowest BCUT2D eigenvalue weighted by atomic mass is 10.2. The van der Waals surface area contributed by atoms with Crippen LogP contribution in [0.2, 0.25) is 0 Å². The first kappa shape index (κ1) is 19.3. The third-order valence-corrected chi connectivity index (χ3v) is 5.28. The molecule has 142 valence electrons. The number of hydrogen-bond acceptors (Lipinski definition) is 5. The summed E-state index contributed by atoms with van der Waals surface area (Å²) in [6, 6.07) is 9.47. The Bertz CT molecular complexity index is 898. The number of aryl methyl sites for hydroxylation is 1. The SMILES string of the molecule is COCCn1c(C)cc(/C=C2/SC(=Nc3ccc(OC)cc3)NC2=O)c1C. The number of nitrogens with zero attached hydrogens (tertiary/aromatic N) is 2. The lowest BCUT2D eigenvalue weighted by Gasteiger charge is -2.08. The van der Waals surface area contributed by atoms with E-state index in [1.807, 2.05) is 30.3 Å². The summed E-state index contributed by atoms with van der Waals surface area (Å²) >= 11 is 1.35. The van der Waals surface area contributed by atoms with E-state index in [1.165, 1.54) is 11.8 Å². The fourth-order valence-electron chi connectivity index (χ4n) is 2.90. The van der Waals surface area contributed by atoms with Crippen LogP contribution in [0.25, 0.3) is 6.08 Å². The van der Waals surface area contributed by atoms with E-state index < -0.39 is 0 Å². The van der Waals surface area contributed by atoms with Crippen molar-refractivity contribution in [1.82, 2.24) is 9.88 Å². The van der Waals surface area contributed by atoms with Crippen LogP contribution in [-0.4, -0.2) is 36.5 Å². The molecule has 2 aromatic rings. The van der Waals surface area contributed by atoms with Crippen molar-refractivity contribution in [2.75, 3.05) is 20.8 Å². The number of amidine groups is 1. The van der Waals surface area contributed by atoms with Crippen molar-refractivity contribution >= 4 is 34.6 Å². The van der Waals surface area contributed by atoms with Crippen molar-refractivity contribution < 1.29 is 14.3 Å². The van der Waals surface area contributed by atoms with Gasteiger partial charge in [-0.05, 0) is 67.6 Å². The lowest BCUT2D eigenvalue weighted by molar-refractivity contribution is -0.115. The summed E-state index contributed by atoms with van der Waals surface area (Å²) in [6.45, 7) is 5.56. The number of thioether (sulfide) groups is 1. The van der Waals surface area contributed by atoms with Crippen LogP contribution in [-0.2, 0) is 16.1 Å². The van der Waals surface area contributed by atoms with Crippen molar-refractivity contribution in [3.05, 3.63) is 52.2 Å². The van der Waals surface area contributed by atoms with Gasteiger partial charge in [0, 0.05) is 25.0 Å². The number of hydrogen-bond donors (Lipinski definition) is 1. The van der Waals surface area contributed by atoms with Gasteiger partial charge in [-0.2, -0.15) is 0 Å². The number of nitrogens with one attached hydrogen (secondary N) is 1. The summed E-state index contributed by atoms with van der Waals surface area (Å²) in [4.78, 5) is 17.5. The Kier molecular flexibility index (Phi) is 6.03. The minimum atomic E-state index is -0.131. The molecule has 0 spiro atoms. The molecule has 1 aromatic heterocycles. The molecule has 0 unspecified atom stereocenters. The molecule has 0 aliphatic carbocycles. The smallest absolute Gasteiger partial charge is 0.264 e. The first-order valence-electron chi connectivity index (χ1n) is 8.61. The Morgan fingerprint density at radius 1 is 1.22 bits per heavy atom.